The maximum atomic E-state index is 12.3. The molecule has 2 rings (SSSR count). The summed E-state index contributed by atoms with van der Waals surface area (Å²) in [4.78, 5) is 20.4. The number of rotatable bonds is 5. The maximum absolute atomic E-state index is 12.3. The fraction of sp³-hybridized carbons (Fsp3) is 0.312. The molecule has 5 nitrogen and oxygen atoms in total. The zero-order valence-electron chi connectivity index (χ0n) is 12.7. The fourth-order valence-electron chi connectivity index (χ4n) is 2.09. The Balaban J connectivity index is 0.00000242. The van der Waals surface area contributed by atoms with Gasteiger partial charge in [0.1, 0.15) is 6.33 Å². The molecule has 0 fully saturated rings. The lowest BCUT2D eigenvalue weighted by molar-refractivity contribution is 0.0949. The average Bonchev–Trinajstić information content (AvgIpc) is 2.53. The van der Waals surface area contributed by atoms with Crippen molar-refractivity contribution < 1.29 is 4.79 Å². The van der Waals surface area contributed by atoms with Gasteiger partial charge < -0.3 is 11.1 Å². The van der Waals surface area contributed by atoms with Crippen LogP contribution >= 0.6 is 12.4 Å². The Hall–Kier alpha value is -1.98. The molecule has 2 aromatic rings. The van der Waals surface area contributed by atoms with E-state index in [4.69, 9.17) is 5.73 Å². The quantitative estimate of drug-likeness (QED) is 0.886. The molecule has 3 N–H and O–H groups in total. The summed E-state index contributed by atoms with van der Waals surface area (Å²) < 4.78 is 0. The van der Waals surface area contributed by atoms with Gasteiger partial charge in [-0.2, -0.15) is 0 Å². The van der Waals surface area contributed by atoms with Crippen LogP contribution in [-0.2, 0) is 0 Å². The normalized spacial score (nSPS) is 11.6. The zero-order chi connectivity index (χ0) is 15.2. The van der Waals surface area contributed by atoms with E-state index < -0.39 is 0 Å². The van der Waals surface area contributed by atoms with E-state index in [0.717, 1.165) is 11.3 Å². The van der Waals surface area contributed by atoms with Crippen LogP contribution in [0.5, 0.6) is 0 Å². The van der Waals surface area contributed by atoms with E-state index in [2.05, 4.69) is 15.3 Å². The van der Waals surface area contributed by atoms with Crippen LogP contribution < -0.4 is 11.1 Å². The topological polar surface area (TPSA) is 80.9 Å². The molecule has 6 heteroatoms. The molecular weight excluding hydrogens is 300 g/mol. The highest BCUT2D eigenvalue weighted by Crippen LogP contribution is 2.15. The monoisotopic (exact) mass is 320 g/mol. The summed E-state index contributed by atoms with van der Waals surface area (Å²) in [5, 5.41) is 2.85. The number of carbonyl (C=O) groups is 1. The summed E-state index contributed by atoms with van der Waals surface area (Å²) in [6.45, 7) is 4.36. The Labute approximate surface area is 136 Å². The van der Waals surface area contributed by atoms with E-state index in [-0.39, 0.29) is 30.3 Å². The summed E-state index contributed by atoms with van der Waals surface area (Å²) in [7, 11) is 0. The summed E-state index contributed by atoms with van der Waals surface area (Å²) in [6, 6.07) is 9.45. The molecule has 0 saturated carbocycles. The number of halogens is 1. The number of nitrogens with two attached hydrogens (primary N) is 1. The molecule has 1 unspecified atom stereocenters. The molecule has 0 aliphatic carbocycles. The smallest absolute Gasteiger partial charge is 0.254 e. The number of nitrogens with zero attached hydrogens (tertiary/aromatic N) is 2. The zero-order valence-corrected chi connectivity index (χ0v) is 13.5. The van der Waals surface area contributed by atoms with Gasteiger partial charge in [-0.3, -0.25) is 4.79 Å². The molecule has 22 heavy (non-hydrogen) atoms. The molecule has 1 atom stereocenters. The minimum atomic E-state index is -0.234. The molecule has 1 aromatic heterocycles. The van der Waals surface area contributed by atoms with Crippen LogP contribution in [0.3, 0.4) is 0 Å². The van der Waals surface area contributed by atoms with E-state index in [1.54, 1.807) is 6.20 Å². The van der Waals surface area contributed by atoms with Crippen LogP contribution in [0, 0.1) is 0 Å². The lowest BCUT2D eigenvalue weighted by atomic mass is 10.0. The Bertz CT molecular complexity index is 604. The molecule has 1 heterocycles. The molecule has 1 aromatic carbocycles. The summed E-state index contributed by atoms with van der Waals surface area (Å²) >= 11 is 0. The van der Waals surface area contributed by atoms with Gasteiger partial charge in [-0.1, -0.05) is 44.2 Å². The van der Waals surface area contributed by atoms with E-state index >= 15 is 0 Å². The van der Waals surface area contributed by atoms with E-state index in [0.29, 0.717) is 12.1 Å². The van der Waals surface area contributed by atoms with Crippen molar-refractivity contribution in [1.29, 1.82) is 0 Å². The molecule has 0 radical (unpaired) electrons. The SMILES string of the molecule is CC(C)c1ncncc1C(=O)NCC(N)c1ccccc1.Cl. The second-order valence-electron chi connectivity index (χ2n) is 5.20. The number of nitrogens with one attached hydrogen (secondary N) is 1. The van der Waals surface area contributed by atoms with Crippen molar-refractivity contribution in [1.82, 2.24) is 15.3 Å². The third-order valence-corrected chi connectivity index (χ3v) is 3.24. The van der Waals surface area contributed by atoms with Crippen molar-refractivity contribution in [3.05, 3.63) is 59.7 Å². The van der Waals surface area contributed by atoms with Gasteiger partial charge in [0.05, 0.1) is 11.3 Å². The average molecular weight is 321 g/mol. The van der Waals surface area contributed by atoms with E-state index in [9.17, 15) is 4.79 Å². The Kier molecular flexibility index (Phi) is 6.95. The van der Waals surface area contributed by atoms with Crippen molar-refractivity contribution in [2.24, 2.45) is 5.73 Å². The van der Waals surface area contributed by atoms with Gasteiger partial charge in [-0.05, 0) is 11.5 Å². The standard InChI is InChI=1S/C16H20N4O.ClH/c1-11(2)15-13(8-18-10-20-15)16(21)19-9-14(17)12-6-4-3-5-7-12;/h3-8,10-11,14H,9,17H2,1-2H3,(H,19,21);1H. The molecule has 0 aliphatic heterocycles. The highest BCUT2D eigenvalue weighted by atomic mass is 35.5. The molecule has 0 bridgehead atoms. The van der Waals surface area contributed by atoms with Crippen LogP contribution in [0.15, 0.2) is 42.9 Å². The van der Waals surface area contributed by atoms with Gasteiger partial charge in [0.25, 0.3) is 5.91 Å². The second kappa shape index (κ2) is 8.46. The van der Waals surface area contributed by atoms with Gasteiger partial charge >= 0.3 is 0 Å². The Morgan fingerprint density at radius 2 is 1.95 bits per heavy atom. The maximum Gasteiger partial charge on any atom is 0.254 e. The number of carbonyl (C=O) groups excluding carboxylic acids is 1. The minimum Gasteiger partial charge on any atom is -0.350 e. The number of amides is 1. The molecule has 0 saturated heterocycles. The van der Waals surface area contributed by atoms with Gasteiger partial charge in [0.2, 0.25) is 0 Å². The summed E-state index contributed by atoms with van der Waals surface area (Å²) in [5.41, 5.74) is 8.32. The minimum absolute atomic E-state index is 0. The van der Waals surface area contributed by atoms with Crippen LogP contribution in [0.1, 0.15) is 47.4 Å². The molecule has 1 amide bonds. The molecule has 0 aliphatic rings. The highest BCUT2D eigenvalue weighted by molar-refractivity contribution is 5.95. The molecule has 118 valence electrons. The molecular formula is C16H21ClN4O. The highest BCUT2D eigenvalue weighted by Gasteiger charge is 2.16. The first-order valence-corrected chi connectivity index (χ1v) is 6.98. The van der Waals surface area contributed by atoms with Crippen LogP contribution in [-0.4, -0.2) is 22.4 Å². The van der Waals surface area contributed by atoms with Crippen molar-refractivity contribution >= 4 is 18.3 Å². The van der Waals surface area contributed by atoms with Crippen molar-refractivity contribution in [3.8, 4) is 0 Å². The predicted octanol–water partition coefficient (Wildman–Crippen LogP) is 2.45. The first-order chi connectivity index (χ1) is 10.1. The number of aromatic nitrogens is 2. The fourth-order valence-corrected chi connectivity index (χ4v) is 2.09. The van der Waals surface area contributed by atoms with E-state index in [1.807, 2.05) is 44.2 Å². The van der Waals surface area contributed by atoms with Crippen LogP contribution in [0.4, 0.5) is 0 Å². The van der Waals surface area contributed by atoms with Gasteiger partial charge in [-0.15, -0.1) is 12.4 Å². The number of hydrogen-bond donors (Lipinski definition) is 2. The van der Waals surface area contributed by atoms with Crippen molar-refractivity contribution in [3.63, 3.8) is 0 Å². The number of benzene rings is 1. The third-order valence-electron chi connectivity index (χ3n) is 3.24. The van der Waals surface area contributed by atoms with Gasteiger partial charge in [-0.25, -0.2) is 9.97 Å². The Morgan fingerprint density at radius 3 is 2.59 bits per heavy atom. The second-order valence-corrected chi connectivity index (χ2v) is 5.20. The third kappa shape index (κ3) is 4.51. The largest absolute Gasteiger partial charge is 0.350 e. The first kappa shape index (κ1) is 18.1. The van der Waals surface area contributed by atoms with Crippen LogP contribution in [0.2, 0.25) is 0 Å². The lowest BCUT2D eigenvalue weighted by Crippen LogP contribution is -2.32. The predicted molar refractivity (Wildman–Crippen MR) is 89.1 cm³/mol. The Morgan fingerprint density at radius 1 is 1.27 bits per heavy atom. The summed E-state index contributed by atoms with van der Waals surface area (Å²) in [5.74, 6) is -0.0257. The van der Waals surface area contributed by atoms with Crippen molar-refractivity contribution in [2.45, 2.75) is 25.8 Å². The van der Waals surface area contributed by atoms with Gasteiger partial charge in [0.15, 0.2) is 0 Å². The lowest BCUT2D eigenvalue weighted by Gasteiger charge is -2.15. The van der Waals surface area contributed by atoms with Crippen molar-refractivity contribution in [2.75, 3.05) is 6.54 Å². The summed E-state index contributed by atoms with van der Waals surface area (Å²) in [6.07, 6.45) is 3.01. The molecule has 0 spiro atoms. The van der Waals surface area contributed by atoms with Gasteiger partial charge in [0, 0.05) is 18.8 Å². The van der Waals surface area contributed by atoms with E-state index in [1.165, 1.54) is 6.33 Å². The number of hydrogen-bond acceptors (Lipinski definition) is 4. The first-order valence-electron chi connectivity index (χ1n) is 6.98. The van der Waals surface area contributed by atoms with Crippen LogP contribution in [0.25, 0.3) is 0 Å².